The van der Waals surface area contributed by atoms with Gasteiger partial charge in [0.1, 0.15) is 12.1 Å². The number of guanidine groups is 1. The number of likely N-dealkylation sites (tertiary alicyclic amines) is 1. The van der Waals surface area contributed by atoms with Crippen LogP contribution in [0, 0.1) is 0 Å². The summed E-state index contributed by atoms with van der Waals surface area (Å²) in [5.74, 6) is 0.367. The van der Waals surface area contributed by atoms with Gasteiger partial charge in [-0.2, -0.15) is 0 Å². The molecule has 0 aromatic carbocycles. The third-order valence-electron chi connectivity index (χ3n) is 3.47. The first-order valence-corrected chi connectivity index (χ1v) is 8.25. The van der Waals surface area contributed by atoms with Crippen LogP contribution in [0.2, 0.25) is 0 Å². The number of nitrogens with zero attached hydrogens (tertiary/aromatic N) is 2. The van der Waals surface area contributed by atoms with Crippen LogP contribution in [-0.4, -0.2) is 61.7 Å². The van der Waals surface area contributed by atoms with E-state index in [4.69, 9.17) is 4.74 Å². The highest BCUT2D eigenvalue weighted by Crippen LogP contribution is 2.11. The summed E-state index contributed by atoms with van der Waals surface area (Å²) in [6.45, 7) is 14.8. The van der Waals surface area contributed by atoms with Crippen molar-refractivity contribution in [1.29, 1.82) is 0 Å². The van der Waals surface area contributed by atoms with E-state index in [1.165, 1.54) is 5.57 Å². The summed E-state index contributed by atoms with van der Waals surface area (Å²) in [5, 5.41) is 6.40. The van der Waals surface area contributed by atoms with Gasteiger partial charge in [-0.3, -0.25) is 14.7 Å². The van der Waals surface area contributed by atoms with Crippen molar-refractivity contribution >= 4 is 11.9 Å². The maximum Gasteiger partial charge on any atom is 0.325 e. The van der Waals surface area contributed by atoms with Gasteiger partial charge in [0, 0.05) is 32.7 Å². The van der Waals surface area contributed by atoms with Gasteiger partial charge in [-0.1, -0.05) is 12.2 Å². The Labute approximate surface area is 140 Å². The number of hydrogen-bond donors (Lipinski definition) is 2. The number of carbonyl (C=O) groups is 1. The molecule has 6 heteroatoms. The molecule has 0 aliphatic carbocycles. The molecule has 1 saturated heterocycles. The number of hydrogen-bond acceptors (Lipinski definition) is 4. The zero-order valence-corrected chi connectivity index (χ0v) is 15.2. The second kappa shape index (κ2) is 8.91. The van der Waals surface area contributed by atoms with E-state index in [9.17, 15) is 4.79 Å². The molecule has 23 heavy (non-hydrogen) atoms. The molecule has 0 bridgehead atoms. The Balaban J connectivity index is 2.32. The minimum Gasteiger partial charge on any atom is -0.459 e. The monoisotopic (exact) mass is 324 g/mol. The Morgan fingerprint density at radius 3 is 2.43 bits per heavy atom. The number of ether oxygens (including phenoxy) is 1. The summed E-state index contributed by atoms with van der Waals surface area (Å²) in [6.07, 6.45) is 2.11. The Morgan fingerprint density at radius 2 is 1.96 bits per heavy atom. The van der Waals surface area contributed by atoms with E-state index in [2.05, 4.69) is 34.0 Å². The first-order chi connectivity index (χ1) is 10.7. The maximum absolute atomic E-state index is 11.7. The van der Waals surface area contributed by atoms with E-state index >= 15 is 0 Å². The van der Waals surface area contributed by atoms with E-state index in [1.54, 1.807) is 7.05 Å². The second-order valence-electron chi connectivity index (χ2n) is 7.16. The summed E-state index contributed by atoms with van der Waals surface area (Å²) >= 11 is 0. The standard InChI is InChI=1S/C17H32N4O2/c1-13(2)12-21-9-7-14(8-10-21)20-16(18-6)19-11-15(22)23-17(3,4)5/h14H,1,7-12H2,2-6H3,(H2,18,19,20). The van der Waals surface area contributed by atoms with Gasteiger partial charge in [0.05, 0.1) is 0 Å². The van der Waals surface area contributed by atoms with Crippen molar-refractivity contribution in [3.8, 4) is 0 Å². The fraction of sp³-hybridized carbons (Fsp3) is 0.765. The number of aliphatic imine (C=N–C) groups is 1. The average molecular weight is 324 g/mol. The molecule has 0 aromatic heterocycles. The lowest BCUT2D eigenvalue weighted by atomic mass is 10.0. The molecular formula is C17H32N4O2. The van der Waals surface area contributed by atoms with Gasteiger partial charge in [-0.25, -0.2) is 0 Å². The van der Waals surface area contributed by atoms with Crippen LogP contribution in [-0.2, 0) is 9.53 Å². The minimum atomic E-state index is -0.466. The van der Waals surface area contributed by atoms with Crippen LogP contribution in [0.1, 0.15) is 40.5 Å². The molecule has 1 fully saturated rings. The molecular weight excluding hydrogens is 292 g/mol. The Morgan fingerprint density at radius 1 is 1.35 bits per heavy atom. The van der Waals surface area contributed by atoms with Crippen molar-refractivity contribution in [2.75, 3.05) is 33.2 Å². The second-order valence-corrected chi connectivity index (χ2v) is 7.16. The van der Waals surface area contributed by atoms with Crippen LogP contribution in [0.3, 0.4) is 0 Å². The third kappa shape index (κ3) is 8.59. The van der Waals surface area contributed by atoms with Crippen molar-refractivity contribution in [3.63, 3.8) is 0 Å². The molecule has 1 heterocycles. The van der Waals surface area contributed by atoms with Crippen LogP contribution in [0.15, 0.2) is 17.1 Å². The van der Waals surface area contributed by atoms with Crippen LogP contribution in [0.4, 0.5) is 0 Å². The van der Waals surface area contributed by atoms with Crippen molar-refractivity contribution in [1.82, 2.24) is 15.5 Å². The molecule has 132 valence electrons. The minimum absolute atomic E-state index is 0.117. The third-order valence-corrected chi connectivity index (χ3v) is 3.47. The Bertz CT molecular complexity index is 432. The SMILES string of the molecule is C=C(C)CN1CCC(NC(=NC)NCC(=O)OC(C)(C)C)CC1. The normalized spacial score (nSPS) is 17.7. The van der Waals surface area contributed by atoms with Gasteiger partial charge in [-0.05, 0) is 40.5 Å². The first kappa shape index (κ1) is 19.5. The highest BCUT2D eigenvalue weighted by molar-refractivity contribution is 5.84. The van der Waals surface area contributed by atoms with Gasteiger partial charge in [0.2, 0.25) is 0 Å². The number of rotatable bonds is 5. The molecule has 0 aromatic rings. The number of esters is 1. The Kier molecular flexibility index (Phi) is 7.55. The summed E-state index contributed by atoms with van der Waals surface area (Å²) < 4.78 is 5.27. The predicted octanol–water partition coefficient (Wildman–Crippen LogP) is 1.53. The van der Waals surface area contributed by atoms with Crippen molar-refractivity contribution in [3.05, 3.63) is 12.2 Å². The van der Waals surface area contributed by atoms with E-state index in [0.29, 0.717) is 12.0 Å². The predicted molar refractivity (Wildman–Crippen MR) is 94.6 cm³/mol. The molecule has 0 unspecified atom stereocenters. The van der Waals surface area contributed by atoms with Gasteiger partial charge in [-0.15, -0.1) is 0 Å². The smallest absolute Gasteiger partial charge is 0.325 e. The quantitative estimate of drug-likeness (QED) is 0.347. The lowest BCUT2D eigenvalue weighted by molar-refractivity contribution is -0.153. The zero-order chi connectivity index (χ0) is 17.5. The molecule has 1 aliphatic heterocycles. The highest BCUT2D eigenvalue weighted by atomic mass is 16.6. The van der Waals surface area contributed by atoms with E-state index in [0.717, 1.165) is 32.5 Å². The van der Waals surface area contributed by atoms with Crippen molar-refractivity contribution < 1.29 is 9.53 Å². The molecule has 2 N–H and O–H groups in total. The zero-order valence-electron chi connectivity index (χ0n) is 15.2. The largest absolute Gasteiger partial charge is 0.459 e. The van der Waals surface area contributed by atoms with Crippen LogP contribution < -0.4 is 10.6 Å². The fourth-order valence-corrected chi connectivity index (χ4v) is 2.54. The topological polar surface area (TPSA) is 66.0 Å². The lowest BCUT2D eigenvalue weighted by Gasteiger charge is -2.33. The molecule has 0 saturated carbocycles. The molecule has 1 aliphatic rings. The molecule has 0 spiro atoms. The maximum atomic E-state index is 11.7. The van der Waals surface area contributed by atoms with Crippen molar-refractivity contribution in [2.45, 2.75) is 52.2 Å². The van der Waals surface area contributed by atoms with Gasteiger partial charge in [0.15, 0.2) is 5.96 Å². The molecule has 0 atom stereocenters. The highest BCUT2D eigenvalue weighted by Gasteiger charge is 2.20. The molecule has 1 rings (SSSR count). The molecule has 0 radical (unpaired) electrons. The average Bonchev–Trinajstić information content (AvgIpc) is 2.42. The summed E-state index contributed by atoms with van der Waals surface area (Å²) in [4.78, 5) is 18.3. The van der Waals surface area contributed by atoms with Gasteiger partial charge in [0.25, 0.3) is 0 Å². The molecule has 0 amide bonds. The first-order valence-electron chi connectivity index (χ1n) is 8.25. The fourth-order valence-electron chi connectivity index (χ4n) is 2.54. The van der Waals surface area contributed by atoms with Crippen LogP contribution in [0.25, 0.3) is 0 Å². The summed E-state index contributed by atoms with van der Waals surface area (Å²) in [6, 6.07) is 0.376. The number of carbonyl (C=O) groups excluding carboxylic acids is 1. The lowest BCUT2D eigenvalue weighted by Crippen LogP contribution is -2.50. The summed E-state index contributed by atoms with van der Waals surface area (Å²) in [5.41, 5.74) is 0.734. The number of nitrogens with one attached hydrogen (secondary N) is 2. The van der Waals surface area contributed by atoms with Crippen molar-refractivity contribution in [2.24, 2.45) is 4.99 Å². The van der Waals surface area contributed by atoms with E-state index in [-0.39, 0.29) is 12.5 Å². The van der Waals surface area contributed by atoms with E-state index in [1.807, 2.05) is 20.8 Å². The van der Waals surface area contributed by atoms with Crippen LogP contribution >= 0.6 is 0 Å². The molecule has 6 nitrogen and oxygen atoms in total. The van der Waals surface area contributed by atoms with Crippen LogP contribution in [0.5, 0.6) is 0 Å². The van der Waals surface area contributed by atoms with E-state index < -0.39 is 5.60 Å². The summed E-state index contributed by atoms with van der Waals surface area (Å²) in [7, 11) is 1.71. The van der Waals surface area contributed by atoms with Gasteiger partial charge >= 0.3 is 5.97 Å². The Hall–Kier alpha value is -1.56. The number of piperidine rings is 1. The van der Waals surface area contributed by atoms with Gasteiger partial charge < -0.3 is 15.4 Å².